The first-order valence-electron chi connectivity index (χ1n) is 15.4. The van der Waals surface area contributed by atoms with Gasteiger partial charge >= 0.3 is 0 Å². The van der Waals surface area contributed by atoms with Gasteiger partial charge < -0.3 is 20.3 Å². The van der Waals surface area contributed by atoms with E-state index < -0.39 is 44.8 Å². The Kier molecular flexibility index (Phi) is 12.8. The summed E-state index contributed by atoms with van der Waals surface area (Å²) in [4.78, 5) is 42.5. The monoisotopic (exact) mass is 656 g/mol. The van der Waals surface area contributed by atoms with E-state index in [1.165, 1.54) is 17.0 Å². The number of carbonyl (C=O) groups is 3. The van der Waals surface area contributed by atoms with Crippen LogP contribution in [-0.2, 0) is 29.8 Å². The maximum absolute atomic E-state index is 14.1. The molecule has 3 atom stereocenters. The lowest BCUT2D eigenvalue weighted by Crippen LogP contribution is -2.60. The number of hydrogen-bond acceptors (Lipinski definition) is 7. The van der Waals surface area contributed by atoms with Crippen molar-refractivity contribution in [1.82, 2.24) is 20.3 Å². The summed E-state index contributed by atoms with van der Waals surface area (Å²) < 4.78 is 33.4. The summed E-state index contributed by atoms with van der Waals surface area (Å²) in [6.45, 7) is 16.7. The number of nitrogens with one attached hydrogen (secondary N) is 3. The normalized spacial score (nSPS) is 14.7. The van der Waals surface area contributed by atoms with Crippen molar-refractivity contribution in [3.63, 3.8) is 0 Å². The first kappa shape index (κ1) is 38.5. The van der Waals surface area contributed by atoms with Crippen LogP contribution in [-0.4, -0.2) is 64.3 Å². The number of carbonyl (C=O) groups excluding carboxylic acids is 3. The number of allylic oxidation sites excluding steroid dienone is 1. The third-order valence-electron chi connectivity index (χ3n) is 8.18. The Bertz CT molecular complexity index is 1520. The fraction of sp³-hybridized carbons (Fsp3) is 0.514. The van der Waals surface area contributed by atoms with Gasteiger partial charge in [-0.15, -0.1) is 0 Å². The van der Waals surface area contributed by atoms with Crippen LogP contribution in [0.5, 0.6) is 5.75 Å². The third kappa shape index (κ3) is 9.19. The molecule has 10 nitrogen and oxygen atoms in total. The molecule has 3 N–H and O–H groups in total. The molecule has 11 heteroatoms. The summed E-state index contributed by atoms with van der Waals surface area (Å²) in [5, 5.41) is 6.14. The van der Waals surface area contributed by atoms with E-state index in [4.69, 9.17) is 4.74 Å². The van der Waals surface area contributed by atoms with Gasteiger partial charge in [0, 0.05) is 23.7 Å². The number of rotatable bonds is 13. The van der Waals surface area contributed by atoms with E-state index in [0.717, 1.165) is 11.1 Å². The van der Waals surface area contributed by atoms with Crippen LogP contribution in [0.4, 0.5) is 0 Å². The lowest BCUT2D eigenvalue weighted by molar-refractivity contribution is -0.138. The Morgan fingerprint density at radius 3 is 1.96 bits per heavy atom. The lowest BCUT2D eigenvalue weighted by atomic mass is 9.76. The van der Waals surface area contributed by atoms with Crippen molar-refractivity contribution in [3.05, 3.63) is 71.4 Å². The van der Waals surface area contributed by atoms with Gasteiger partial charge in [0.1, 0.15) is 11.8 Å². The second-order valence-electron chi connectivity index (χ2n) is 13.7. The first-order chi connectivity index (χ1) is 21.2. The van der Waals surface area contributed by atoms with Crippen LogP contribution in [0.1, 0.15) is 66.5 Å². The van der Waals surface area contributed by atoms with Gasteiger partial charge in [-0.3, -0.25) is 14.4 Å². The molecule has 3 amide bonds. The summed E-state index contributed by atoms with van der Waals surface area (Å²) in [7, 11) is 0.805. The van der Waals surface area contributed by atoms with Crippen molar-refractivity contribution < 1.29 is 27.5 Å². The van der Waals surface area contributed by atoms with Crippen LogP contribution in [0, 0.1) is 24.2 Å². The van der Waals surface area contributed by atoms with Crippen LogP contribution in [0.3, 0.4) is 0 Å². The molecule has 0 radical (unpaired) electrons. The second-order valence-corrected chi connectivity index (χ2v) is 15.3. The largest absolute Gasteiger partial charge is 0.496 e. The molecule has 0 bridgehead atoms. The highest BCUT2D eigenvalue weighted by molar-refractivity contribution is 7.90. The van der Waals surface area contributed by atoms with Gasteiger partial charge in [-0.2, -0.15) is 0 Å². The molecule has 0 aliphatic heterocycles. The molecule has 0 saturated heterocycles. The lowest BCUT2D eigenvalue weighted by Gasteiger charge is -2.39. The van der Waals surface area contributed by atoms with Crippen LogP contribution in [0.2, 0.25) is 0 Å². The zero-order chi connectivity index (χ0) is 35.2. The minimum Gasteiger partial charge on any atom is -0.496 e. The molecule has 0 fully saturated rings. The van der Waals surface area contributed by atoms with Crippen molar-refractivity contribution in [2.75, 3.05) is 21.2 Å². The molecule has 46 heavy (non-hydrogen) atoms. The zero-order valence-electron chi connectivity index (χ0n) is 29.3. The number of methoxy groups -OCH3 is 1. The summed E-state index contributed by atoms with van der Waals surface area (Å²) in [5.74, 6) is -1.89. The van der Waals surface area contributed by atoms with Crippen molar-refractivity contribution in [2.24, 2.45) is 17.3 Å². The Hall–Kier alpha value is -3.70. The van der Waals surface area contributed by atoms with E-state index >= 15 is 0 Å². The number of amides is 3. The summed E-state index contributed by atoms with van der Waals surface area (Å²) >= 11 is 0. The van der Waals surface area contributed by atoms with E-state index in [1.807, 2.05) is 79.7 Å². The minimum absolute atomic E-state index is 0.0171. The van der Waals surface area contributed by atoms with Crippen molar-refractivity contribution in [2.45, 2.75) is 84.7 Å². The number of ether oxygens (including phenoxy) is 1. The van der Waals surface area contributed by atoms with Crippen molar-refractivity contribution in [1.29, 1.82) is 0 Å². The van der Waals surface area contributed by atoms with Crippen LogP contribution >= 0.6 is 0 Å². The Morgan fingerprint density at radius 1 is 0.891 bits per heavy atom. The summed E-state index contributed by atoms with van der Waals surface area (Å²) in [6.07, 6.45) is 1.59. The van der Waals surface area contributed by atoms with Gasteiger partial charge in [-0.05, 0) is 50.4 Å². The number of para-hydroxylation sites is 1. The molecule has 0 saturated carbocycles. The predicted octanol–water partition coefficient (Wildman–Crippen LogP) is 4.54. The van der Waals surface area contributed by atoms with Gasteiger partial charge in [0.15, 0.2) is 0 Å². The molecule has 1 unspecified atom stereocenters. The number of nitrogens with zero attached hydrogens (tertiary/aromatic N) is 1. The smallest absolute Gasteiger partial charge is 0.264 e. The molecule has 0 heterocycles. The summed E-state index contributed by atoms with van der Waals surface area (Å²) in [5.41, 5.74) is 0.851. The standard InChI is InChI=1S/C35H52N4O6S/c1-22(2)27(21-24(4)31(40)38-46(43,44)25-19-17-23(3)18-20-25)39(11)33(42)30(34(5,6)7)37-32(41)29(36-10)35(8,9)26-15-13-14-16-28(26)45-12/h13-22,24,29-30,36H,1-12H3,(H,37,41)(H,38,40)/b27-21+/t24?,29-,30-/m1/s1. The topological polar surface area (TPSA) is 134 Å². The van der Waals surface area contributed by atoms with Crippen LogP contribution in [0.15, 0.2) is 65.2 Å². The Morgan fingerprint density at radius 2 is 1.46 bits per heavy atom. The molecule has 0 aliphatic carbocycles. The number of likely N-dealkylation sites (N-methyl/N-ethyl adjacent to an activating group) is 2. The minimum atomic E-state index is -4.08. The number of benzene rings is 2. The van der Waals surface area contributed by atoms with Gasteiger partial charge in [-0.25, -0.2) is 13.1 Å². The Balaban J connectivity index is 2.36. The summed E-state index contributed by atoms with van der Waals surface area (Å²) in [6, 6.07) is 12.1. The molecule has 0 aliphatic rings. The second kappa shape index (κ2) is 15.3. The van der Waals surface area contributed by atoms with Gasteiger partial charge in [0.2, 0.25) is 17.7 Å². The van der Waals surface area contributed by atoms with E-state index in [0.29, 0.717) is 11.4 Å². The van der Waals surface area contributed by atoms with Gasteiger partial charge in [-0.1, -0.05) is 90.4 Å². The Labute approximate surface area is 275 Å². The fourth-order valence-corrected chi connectivity index (χ4v) is 6.44. The molecular weight excluding hydrogens is 604 g/mol. The fourth-order valence-electron chi connectivity index (χ4n) is 5.37. The highest BCUT2D eigenvalue weighted by atomic mass is 32.2. The van der Waals surface area contributed by atoms with E-state index in [1.54, 1.807) is 46.3 Å². The molecular formula is C35H52N4O6S. The molecule has 2 rings (SSSR count). The van der Waals surface area contributed by atoms with E-state index in [2.05, 4.69) is 15.4 Å². The average molecular weight is 657 g/mol. The molecule has 254 valence electrons. The number of aryl methyl sites for hydroxylation is 1. The van der Waals surface area contributed by atoms with Crippen LogP contribution in [0.25, 0.3) is 0 Å². The highest BCUT2D eigenvalue weighted by Gasteiger charge is 2.42. The average Bonchev–Trinajstić information content (AvgIpc) is 2.97. The van der Waals surface area contributed by atoms with Crippen molar-refractivity contribution in [3.8, 4) is 5.75 Å². The maximum Gasteiger partial charge on any atom is 0.264 e. The maximum atomic E-state index is 14.1. The third-order valence-corrected chi connectivity index (χ3v) is 9.55. The highest BCUT2D eigenvalue weighted by Crippen LogP contribution is 2.35. The predicted molar refractivity (Wildman–Crippen MR) is 182 cm³/mol. The molecule has 2 aromatic carbocycles. The number of hydrogen-bond donors (Lipinski definition) is 3. The SMILES string of the molecule is CN[C@H](C(=O)N[C@H](C(=O)N(C)/C(=C/C(C)C(=O)NS(=O)(=O)c1ccc(C)cc1)C(C)C)C(C)(C)C)C(C)(C)c1ccccc1OC. The molecule has 0 aromatic heterocycles. The van der Waals surface area contributed by atoms with E-state index in [-0.39, 0.29) is 22.6 Å². The quantitative estimate of drug-likeness (QED) is 0.288. The van der Waals surface area contributed by atoms with Crippen LogP contribution < -0.4 is 20.1 Å². The zero-order valence-corrected chi connectivity index (χ0v) is 30.1. The van der Waals surface area contributed by atoms with Gasteiger partial charge in [0.25, 0.3) is 10.0 Å². The molecule has 0 spiro atoms. The molecule has 2 aromatic rings. The van der Waals surface area contributed by atoms with Gasteiger partial charge in [0.05, 0.1) is 24.0 Å². The first-order valence-corrected chi connectivity index (χ1v) is 16.9. The van der Waals surface area contributed by atoms with E-state index in [9.17, 15) is 22.8 Å². The van der Waals surface area contributed by atoms with Crippen molar-refractivity contribution >= 4 is 27.7 Å². The number of sulfonamides is 1.